The minimum atomic E-state index is -0.841. The van der Waals surface area contributed by atoms with Gasteiger partial charge in [-0.05, 0) is 48.7 Å². The molecule has 0 aliphatic carbocycles. The van der Waals surface area contributed by atoms with Crippen molar-refractivity contribution in [2.24, 2.45) is 0 Å². The molecule has 0 saturated heterocycles. The summed E-state index contributed by atoms with van der Waals surface area (Å²) in [5.74, 6) is 0.0415. The van der Waals surface area contributed by atoms with Crippen LogP contribution in [0.1, 0.15) is 24.0 Å². The summed E-state index contributed by atoms with van der Waals surface area (Å²) in [5, 5.41) is 9.52. The van der Waals surface area contributed by atoms with Crippen molar-refractivity contribution in [1.29, 1.82) is 0 Å². The maximum Gasteiger partial charge on any atom is 0.311 e. The summed E-state index contributed by atoms with van der Waals surface area (Å²) in [6, 6.07) is 14.7. The molecule has 1 unspecified atom stereocenters. The van der Waals surface area contributed by atoms with Gasteiger partial charge in [0.1, 0.15) is 11.5 Å². The number of rotatable bonds is 7. The Morgan fingerprint density at radius 2 is 1.86 bits per heavy atom. The van der Waals surface area contributed by atoms with Gasteiger partial charge in [-0.1, -0.05) is 24.3 Å². The smallest absolute Gasteiger partial charge is 0.311 e. The average molecular weight is 300 g/mol. The highest BCUT2D eigenvalue weighted by Gasteiger charge is 2.20. The van der Waals surface area contributed by atoms with Crippen LogP contribution in [0.15, 0.2) is 48.5 Å². The molecule has 0 fully saturated rings. The molecule has 4 heteroatoms. The molecule has 0 aromatic heterocycles. The van der Waals surface area contributed by atoms with Crippen molar-refractivity contribution in [2.45, 2.75) is 19.3 Å². The summed E-state index contributed by atoms with van der Waals surface area (Å²) >= 11 is 0. The second-order valence-electron chi connectivity index (χ2n) is 4.95. The van der Waals surface area contributed by atoms with Crippen molar-refractivity contribution in [2.75, 3.05) is 13.7 Å². The maximum atomic E-state index is 11.6. The van der Waals surface area contributed by atoms with Crippen LogP contribution in [-0.2, 0) is 11.2 Å². The lowest BCUT2D eigenvalue weighted by Crippen LogP contribution is -2.14. The first-order chi connectivity index (χ1) is 10.6. The number of carboxylic acid groups (broad SMARTS) is 1. The number of ether oxygens (including phenoxy) is 2. The van der Waals surface area contributed by atoms with Crippen LogP contribution < -0.4 is 9.47 Å². The molecule has 0 heterocycles. The summed E-state index contributed by atoms with van der Waals surface area (Å²) in [5.41, 5.74) is 1.70. The third-order valence-corrected chi connectivity index (χ3v) is 3.47. The lowest BCUT2D eigenvalue weighted by molar-refractivity contribution is -0.138. The maximum absolute atomic E-state index is 11.6. The minimum Gasteiger partial charge on any atom is -0.497 e. The van der Waals surface area contributed by atoms with E-state index in [0.717, 1.165) is 16.9 Å². The van der Waals surface area contributed by atoms with Crippen molar-refractivity contribution in [3.63, 3.8) is 0 Å². The molecule has 0 aliphatic heterocycles. The van der Waals surface area contributed by atoms with Crippen molar-refractivity contribution < 1.29 is 19.4 Å². The van der Waals surface area contributed by atoms with Crippen LogP contribution in [0.3, 0.4) is 0 Å². The van der Waals surface area contributed by atoms with Crippen LogP contribution in [0.5, 0.6) is 11.5 Å². The third-order valence-electron chi connectivity index (χ3n) is 3.47. The molecule has 0 amide bonds. The Labute approximate surface area is 130 Å². The first kappa shape index (κ1) is 15.9. The standard InChI is InChI=1S/C18H20O4/c1-3-22-16-6-4-5-13(11-16)12-17(18(19)20)14-7-9-15(21-2)10-8-14/h4-11,17H,3,12H2,1-2H3,(H,19,20). The highest BCUT2D eigenvalue weighted by molar-refractivity contribution is 5.76. The SMILES string of the molecule is CCOc1cccc(CC(C(=O)O)c2ccc(OC)cc2)c1. The van der Waals surface area contributed by atoms with E-state index in [1.807, 2.05) is 31.2 Å². The summed E-state index contributed by atoms with van der Waals surface area (Å²) in [6.07, 6.45) is 0.419. The fourth-order valence-electron chi connectivity index (χ4n) is 2.35. The van der Waals surface area contributed by atoms with Gasteiger partial charge in [0.25, 0.3) is 0 Å². The van der Waals surface area contributed by atoms with E-state index >= 15 is 0 Å². The normalized spacial score (nSPS) is 11.7. The van der Waals surface area contributed by atoms with Crippen LogP contribution in [0.25, 0.3) is 0 Å². The molecular formula is C18H20O4. The van der Waals surface area contributed by atoms with Gasteiger partial charge in [-0.3, -0.25) is 4.79 Å². The van der Waals surface area contributed by atoms with Gasteiger partial charge in [-0.2, -0.15) is 0 Å². The Morgan fingerprint density at radius 3 is 2.45 bits per heavy atom. The lowest BCUT2D eigenvalue weighted by Gasteiger charge is -2.14. The van der Waals surface area contributed by atoms with Gasteiger partial charge < -0.3 is 14.6 Å². The van der Waals surface area contributed by atoms with Gasteiger partial charge in [0.15, 0.2) is 0 Å². The molecule has 1 atom stereocenters. The molecule has 4 nitrogen and oxygen atoms in total. The average Bonchev–Trinajstić information content (AvgIpc) is 2.53. The highest BCUT2D eigenvalue weighted by Crippen LogP contribution is 2.25. The molecule has 0 radical (unpaired) electrons. The predicted octanol–water partition coefficient (Wildman–Crippen LogP) is 3.50. The number of carbonyl (C=O) groups is 1. The van der Waals surface area contributed by atoms with Crippen LogP contribution in [-0.4, -0.2) is 24.8 Å². The van der Waals surface area contributed by atoms with Crippen LogP contribution in [0.2, 0.25) is 0 Å². The van der Waals surface area contributed by atoms with E-state index in [9.17, 15) is 9.90 Å². The first-order valence-corrected chi connectivity index (χ1v) is 7.22. The fourth-order valence-corrected chi connectivity index (χ4v) is 2.35. The third kappa shape index (κ3) is 4.01. The van der Waals surface area contributed by atoms with Gasteiger partial charge in [0, 0.05) is 0 Å². The Morgan fingerprint density at radius 1 is 1.14 bits per heavy atom. The lowest BCUT2D eigenvalue weighted by atomic mass is 9.92. The molecule has 22 heavy (non-hydrogen) atoms. The van der Waals surface area contributed by atoms with Gasteiger partial charge in [0.2, 0.25) is 0 Å². The van der Waals surface area contributed by atoms with Crippen molar-refractivity contribution in [1.82, 2.24) is 0 Å². The van der Waals surface area contributed by atoms with Crippen LogP contribution in [0.4, 0.5) is 0 Å². The molecule has 2 rings (SSSR count). The van der Waals surface area contributed by atoms with Gasteiger partial charge in [0.05, 0.1) is 19.6 Å². The van der Waals surface area contributed by atoms with Crippen LogP contribution in [0, 0.1) is 0 Å². The van der Waals surface area contributed by atoms with Gasteiger partial charge in [-0.15, -0.1) is 0 Å². The summed E-state index contributed by atoms with van der Waals surface area (Å²) in [6.45, 7) is 2.51. The number of methoxy groups -OCH3 is 1. The number of hydrogen-bond donors (Lipinski definition) is 1. The van der Waals surface area contributed by atoms with Crippen LogP contribution >= 0.6 is 0 Å². The van der Waals surface area contributed by atoms with Crippen molar-refractivity contribution in [3.8, 4) is 11.5 Å². The number of aliphatic carboxylic acids is 1. The Bertz CT molecular complexity index is 619. The summed E-state index contributed by atoms with van der Waals surface area (Å²) < 4.78 is 10.6. The van der Waals surface area contributed by atoms with E-state index in [-0.39, 0.29) is 0 Å². The zero-order valence-corrected chi connectivity index (χ0v) is 12.8. The highest BCUT2D eigenvalue weighted by atomic mass is 16.5. The molecule has 0 bridgehead atoms. The summed E-state index contributed by atoms with van der Waals surface area (Å²) in [7, 11) is 1.59. The Balaban J connectivity index is 2.21. The fraction of sp³-hybridized carbons (Fsp3) is 0.278. The van der Waals surface area contributed by atoms with E-state index in [0.29, 0.717) is 18.8 Å². The molecule has 1 N–H and O–H groups in total. The zero-order chi connectivity index (χ0) is 15.9. The van der Waals surface area contributed by atoms with Crippen molar-refractivity contribution >= 4 is 5.97 Å². The zero-order valence-electron chi connectivity index (χ0n) is 12.8. The summed E-state index contributed by atoms with van der Waals surface area (Å²) in [4.78, 5) is 11.6. The second-order valence-corrected chi connectivity index (χ2v) is 4.95. The molecule has 116 valence electrons. The van der Waals surface area contributed by atoms with Crippen molar-refractivity contribution in [3.05, 3.63) is 59.7 Å². The van der Waals surface area contributed by atoms with E-state index < -0.39 is 11.9 Å². The number of hydrogen-bond acceptors (Lipinski definition) is 3. The molecule has 2 aromatic carbocycles. The quantitative estimate of drug-likeness (QED) is 0.850. The Kier molecular flexibility index (Phi) is 5.42. The van der Waals surface area contributed by atoms with E-state index in [2.05, 4.69) is 0 Å². The molecule has 0 aliphatic rings. The molecule has 0 spiro atoms. The van der Waals surface area contributed by atoms with Gasteiger partial charge in [-0.25, -0.2) is 0 Å². The molecule has 2 aromatic rings. The number of benzene rings is 2. The second kappa shape index (κ2) is 7.50. The topological polar surface area (TPSA) is 55.8 Å². The minimum absolute atomic E-state index is 0.419. The monoisotopic (exact) mass is 300 g/mol. The van der Waals surface area contributed by atoms with Gasteiger partial charge >= 0.3 is 5.97 Å². The molecular weight excluding hydrogens is 280 g/mol. The Hall–Kier alpha value is -2.49. The van der Waals surface area contributed by atoms with E-state index in [1.54, 1.807) is 31.4 Å². The first-order valence-electron chi connectivity index (χ1n) is 7.22. The van der Waals surface area contributed by atoms with E-state index in [4.69, 9.17) is 9.47 Å². The van der Waals surface area contributed by atoms with E-state index in [1.165, 1.54) is 0 Å². The molecule has 0 saturated carbocycles. The predicted molar refractivity (Wildman–Crippen MR) is 84.7 cm³/mol. The largest absolute Gasteiger partial charge is 0.497 e. The number of carboxylic acids is 1.